The van der Waals surface area contributed by atoms with Gasteiger partial charge in [-0.25, -0.2) is 0 Å². The van der Waals surface area contributed by atoms with Crippen LogP contribution in [0.5, 0.6) is 0 Å². The van der Waals surface area contributed by atoms with E-state index in [1.807, 2.05) is 12.1 Å². The molecule has 1 unspecified atom stereocenters. The first kappa shape index (κ1) is 14.6. The molecule has 0 spiro atoms. The lowest BCUT2D eigenvalue weighted by Crippen LogP contribution is -2.37. The van der Waals surface area contributed by atoms with E-state index in [0.717, 1.165) is 23.8 Å². The number of rotatable bonds is 5. The van der Waals surface area contributed by atoms with Gasteiger partial charge in [0.05, 0.1) is 6.04 Å². The topological polar surface area (TPSA) is 28.4 Å². The summed E-state index contributed by atoms with van der Waals surface area (Å²) in [6.07, 6.45) is 2.63. The maximum atomic E-state index is 5.93. The minimum Gasteiger partial charge on any atom is -0.459 e. The highest BCUT2D eigenvalue weighted by atomic mass is 16.3. The quantitative estimate of drug-likeness (QED) is 0.906. The van der Waals surface area contributed by atoms with Crippen molar-refractivity contribution in [2.45, 2.75) is 32.7 Å². The lowest BCUT2D eigenvalue weighted by atomic mass is 9.96. The Balaban J connectivity index is 1.53. The molecule has 1 fully saturated rings. The van der Waals surface area contributed by atoms with Gasteiger partial charge in [-0.15, -0.1) is 0 Å². The van der Waals surface area contributed by atoms with E-state index >= 15 is 0 Å². The number of nitrogens with one attached hydrogen (secondary N) is 1. The average Bonchev–Trinajstić information content (AvgIpc) is 2.97. The average molecular weight is 286 g/mol. The Bertz CT molecular complexity index is 536. The highest BCUT2D eigenvalue weighted by molar-refractivity contribution is 5.77. The highest BCUT2D eigenvalue weighted by Crippen LogP contribution is 2.24. The smallest absolute Gasteiger partial charge is 0.134 e. The van der Waals surface area contributed by atoms with Crippen molar-refractivity contribution in [3.8, 4) is 0 Å². The van der Waals surface area contributed by atoms with Gasteiger partial charge in [0.1, 0.15) is 11.3 Å². The number of para-hydroxylation sites is 1. The van der Waals surface area contributed by atoms with E-state index in [4.69, 9.17) is 4.42 Å². The zero-order valence-corrected chi connectivity index (χ0v) is 13.1. The molecule has 21 heavy (non-hydrogen) atoms. The summed E-state index contributed by atoms with van der Waals surface area (Å²) in [4.78, 5) is 2.54. The third-order valence-electron chi connectivity index (χ3n) is 4.74. The summed E-state index contributed by atoms with van der Waals surface area (Å²) in [7, 11) is 0. The lowest BCUT2D eigenvalue weighted by molar-refractivity contribution is 0.187. The molecule has 0 amide bonds. The molecule has 3 nitrogen and oxygen atoms in total. The second kappa shape index (κ2) is 6.63. The molecule has 3 rings (SSSR count). The summed E-state index contributed by atoms with van der Waals surface area (Å²) >= 11 is 0. The third-order valence-corrected chi connectivity index (χ3v) is 4.74. The van der Waals surface area contributed by atoms with Gasteiger partial charge in [0.15, 0.2) is 0 Å². The van der Waals surface area contributed by atoms with E-state index in [1.54, 1.807) is 0 Å². The van der Waals surface area contributed by atoms with Crippen molar-refractivity contribution in [1.29, 1.82) is 0 Å². The molecular weight excluding hydrogens is 260 g/mol. The van der Waals surface area contributed by atoms with Gasteiger partial charge < -0.3 is 14.6 Å². The van der Waals surface area contributed by atoms with Crippen molar-refractivity contribution in [3.05, 3.63) is 36.1 Å². The molecule has 0 aliphatic carbocycles. The fourth-order valence-electron chi connectivity index (χ4n) is 3.17. The molecule has 114 valence electrons. The Kier molecular flexibility index (Phi) is 4.61. The SMILES string of the molecule is CCN1CCC(CNC(C)c2cc3ccccc3o2)CC1. The van der Waals surface area contributed by atoms with Crippen molar-refractivity contribution in [2.75, 3.05) is 26.2 Å². The van der Waals surface area contributed by atoms with Crippen LogP contribution in [-0.4, -0.2) is 31.1 Å². The molecule has 3 heteroatoms. The summed E-state index contributed by atoms with van der Waals surface area (Å²) in [6.45, 7) is 9.23. The molecule has 0 radical (unpaired) electrons. The molecule has 2 aromatic rings. The third kappa shape index (κ3) is 3.47. The molecule has 1 aliphatic rings. The number of likely N-dealkylation sites (tertiary alicyclic amines) is 1. The molecular formula is C18H26N2O. The van der Waals surface area contributed by atoms with E-state index in [0.29, 0.717) is 0 Å². The van der Waals surface area contributed by atoms with Crippen LogP contribution in [0.25, 0.3) is 11.0 Å². The highest BCUT2D eigenvalue weighted by Gasteiger charge is 2.19. The van der Waals surface area contributed by atoms with Crippen LogP contribution in [0.4, 0.5) is 0 Å². The minimum atomic E-state index is 0.279. The van der Waals surface area contributed by atoms with Gasteiger partial charge in [-0.2, -0.15) is 0 Å². The Morgan fingerprint density at radius 3 is 2.76 bits per heavy atom. The zero-order valence-electron chi connectivity index (χ0n) is 13.1. The Morgan fingerprint density at radius 1 is 1.29 bits per heavy atom. The van der Waals surface area contributed by atoms with Crippen molar-refractivity contribution in [1.82, 2.24) is 10.2 Å². The first-order valence-corrected chi connectivity index (χ1v) is 8.20. The first-order chi connectivity index (χ1) is 10.3. The number of fused-ring (bicyclic) bond motifs is 1. The molecule has 1 saturated heterocycles. The van der Waals surface area contributed by atoms with Crippen LogP contribution in [0.15, 0.2) is 34.7 Å². The fourth-order valence-corrected chi connectivity index (χ4v) is 3.17. The van der Waals surface area contributed by atoms with Gasteiger partial charge in [0, 0.05) is 5.39 Å². The summed E-state index contributed by atoms with van der Waals surface area (Å²) in [5.74, 6) is 1.85. The second-order valence-corrected chi connectivity index (χ2v) is 6.19. The van der Waals surface area contributed by atoms with Crippen molar-refractivity contribution in [2.24, 2.45) is 5.92 Å². The van der Waals surface area contributed by atoms with E-state index in [-0.39, 0.29) is 6.04 Å². The van der Waals surface area contributed by atoms with Gasteiger partial charge in [-0.3, -0.25) is 0 Å². The van der Waals surface area contributed by atoms with E-state index < -0.39 is 0 Å². The van der Waals surface area contributed by atoms with Crippen LogP contribution < -0.4 is 5.32 Å². The van der Waals surface area contributed by atoms with Crippen LogP contribution in [0, 0.1) is 5.92 Å². The minimum absolute atomic E-state index is 0.279. The van der Waals surface area contributed by atoms with E-state index in [1.165, 1.54) is 37.9 Å². The molecule has 1 aromatic heterocycles. The Labute approximate surface area is 127 Å². The number of piperidine rings is 1. The Hall–Kier alpha value is -1.32. The molecule has 0 saturated carbocycles. The van der Waals surface area contributed by atoms with Gasteiger partial charge in [-0.1, -0.05) is 25.1 Å². The monoisotopic (exact) mass is 286 g/mol. The number of hydrogen-bond acceptors (Lipinski definition) is 3. The Morgan fingerprint density at radius 2 is 2.05 bits per heavy atom. The fraction of sp³-hybridized carbons (Fsp3) is 0.556. The molecule has 1 aliphatic heterocycles. The zero-order chi connectivity index (χ0) is 14.7. The van der Waals surface area contributed by atoms with Crippen LogP contribution >= 0.6 is 0 Å². The maximum absolute atomic E-state index is 5.93. The summed E-state index contributed by atoms with van der Waals surface area (Å²) < 4.78 is 5.93. The summed E-state index contributed by atoms with van der Waals surface area (Å²) in [6, 6.07) is 10.7. The largest absolute Gasteiger partial charge is 0.459 e. The number of hydrogen-bond donors (Lipinski definition) is 1. The second-order valence-electron chi connectivity index (χ2n) is 6.19. The normalized spacial score (nSPS) is 19.1. The van der Waals surface area contributed by atoms with Gasteiger partial charge in [-0.05, 0) is 64.0 Å². The molecule has 2 heterocycles. The van der Waals surface area contributed by atoms with Gasteiger partial charge in [0.2, 0.25) is 0 Å². The molecule has 1 aromatic carbocycles. The number of furan rings is 1. The predicted molar refractivity (Wildman–Crippen MR) is 87.5 cm³/mol. The maximum Gasteiger partial charge on any atom is 0.134 e. The molecule has 0 bridgehead atoms. The van der Waals surface area contributed by atoms with Crippen LogP contribution in [0.3, 0.4) is 0 Å². The van der Waals surface area contributed by atoms with Crippen molar-refractivity contribution in [3.63, 3.8) is 0 Å². The van der Waals surface area contributed by atoms with Crippen molar-refractivity contribution < 1.29 is 4.42 Å². The standard InChI is InChI=1S/C18H26N2O/c1-3-20-10-8-15(9-11-20)13-19-14(2)18-12-16-6-4-5-7-17(16)21-18/h4-7,12,14-15,19H,3,8-11,13H2,1-2H3. The first-order valence-electron chi connectivity index (χ1n) is 8.20. The van der Waals surface area contributed by atoms with Crippen LogP contribution in [-0.2, 0) is 0 Å². The molecule has 1 N–H and O–H groups in total. The lowest BCUT2D eigenvalue weighted by Gasteiger charge is -2.31. The van der Waals surface area contributed by atoms with Crippen LogP contribution in [0.1, 0.15) is 38.5 Å². The molecule has 1 atom stereocenters. The van der Waals surface area contributed by atoms with Crippen LogP contribution in [0.2, 0.25) is 0 Å². The van der Waals surface area contributed by atoms with Gasteiger partial charge in [0.25, 0.3) is 0 Å². The van der Waals surface area contributed by atoms with E-state index in [9.17, 15) is 0 Å². The summed E-state index contributed by atoms with van der Waals surface area (Å²) in [5.41, 5.74) is 0.984. The summed E-state index contributed by atoms with van der Waals surface area (Å²) in [5, 5.41) is 4.84. The van der Waals surface area contributed by atoms with Crippen molar-refractivity contribution >= 4 is 11.0 Å². The number of nitrogens with zero attached hydrogens (tertiary/aromatic N) is 1. The predicted octanol–water partition coefficient (Wildman–Crippen LogP) is 3.82. The van der Waals surface area contributed by atoms with E-state index in [2.05, 4.69) is 42.3 Å². The number of benzene rings is 1. The van der Waals surface area contributed by atoms with Gasteiger partial charge >= 0.3 is 0 Å².